The van der Waals surface area contributed by atoms with Crippen LogP contribution in [-0.4, -0.2) is 14.9 Å². The van der Waals surface area contributed by atoms with E-state index in [1.807, 2.05) is 30.3 Å². The molecule has 1 aromatic heterocycles. The zero-order chi connectivity index (χ0) is 14.4. The van der Waals surface area contributed by atoms with Crippen molar-refractivity contribution in [2.45, 2.75) is 5.03 Å². The van der Waals surface area contributed by atoms with E-state index in [0.29, 0.717) is 11.8 Å². The van der Waals surface area contributed by atoms with Crippen LogP contribution >= 0.6 is 11.8 Å². The number of nitriles is 1. The highest BCUT2D eigenvalue weighted by molar-refractivity contribution is 8.03. The van der Waals surface area contributed by atoms with E-state index in [1.165, 1.54) is 0 Å². The number of aromatic nitrogens is 2. The first-order chi connectivity index (χ1) is 9.70. The Morgan fingerprint density at radius 2 is 2.05 bits per heavy atom. The minimum atomic E-state index is -0.631. The Bertz CT molecular complexity index is 658. The molecule has 0 aliphatic heterocycles. The van der Waals surface area contributed by atoms with Crippen LogP contribution in [-0.2, 0) is 0 Å². The molecule has 0 amide bonds. The van der Waals surface area contributed by atoms with Crippen LogP contribution in [0.1, 0.15) is 0 Å². The Morgan fingerprint density at radius 3 is 2.70 bits per heavy atom. The quantitative estimate of drug-likeness (QED) is 0.283. The zero-order valence-corrected chi connectivity index (χ0v) is 10.8. The van der Waals surface area contributed by atoms with Crippen molar-refractivity contribution in [3.05, 3.63) is 46.6 Å². The van der Waals surface area contributed by atoms with Crippen LogP contribution in [0, 0.1) is 20.8 Å². The molecular formula is C11H8N6O2S. The number of nitrogens with zero attached hydrogens (tertiary/aromatic N) is 4. The van der Waals surface area contributed by atoms with Crippen LogP contribution in [0.25, 0.3) is 0 Å². The van der Waals surface area contributed by atoms with Crippen molar-refractivity contribution >= 4 is 29.1 Å². The number of thioether (sulfide) groups is 1. The van der Waals surface area contributed by atoms with Gasteiger partial charge in [-0.25, -0.2) is 4.98 Å². The number of hydrazine groups is 1. The van der Waals surface area contributed by atoms with Gasteiger partial charge in [-0.1, -0.05) is 18.2 Å². The highest BCUT2D eigenvalue weighted by Crippen LogP contribution is 2.26. The Hall–Kier alpha value is -2.86. The van der Waals surface area contributed by atoms with Crippen LogP contribution in [0.2, 0.25) is 0 Å². The van der Waals surface area contributed by atoms with Crippen LogP contribution in [0.3, 0.4) is 0 Å². The van der Waals surface area contributed by atoms with Gasteiger partial charge in [0, 0.05) is 11.8 Å². The van der Waals surface area contributed by atoms with Gasteiger partial charge in [0.1, 0.15) is 11.6 Å². The Labute approximate surface area is 118 Å². The molecule has 1 heterocycles. The maximum Gasteiger partial charge on any atom is 0.320 e. The first kappa shape index (κ1) is 13.6. The normalized spacial score (nSPS) is 9.55. The molecule has 0 unspecified atom stereocenters. The van der Waals surface area contributed by atoms with E-state index < -0.39 is 4.92 Å². The van der Waals surface area contributed by atoms with Crippen LogP contribution in [0.5, 0.6) is 0 Å². The fourth-order valence-electron chi connectivity index (χ4n) is 1.31. The van der Waals surface area contributed by atoms with Gasteiger partial charge in [0.05, 0.1) is 10.6 Å². The van der Waals surface area contributed by atoms with E-state index in [2.05, 4.69) is 20.8 Å². The summed E-state index contributed by atoms with van der Waals surface area (Å²) in [6.07, 6.45) is 1.06. The number of benzene rings is 1. The lowest BCUT2D eigenvalue weighted by molar-refractivity contribution is -0.388. The molecule has 0 aliphatic rings. The average molecular weight is 288 g/mol. The molecule has 2 rings (SSSR count). The van der Waals surface area contributed by atoms with Gasteiger partial charge in [-0.05, 0) is 12.1 Å². The van der Waals surface area contributed by atoms with Crippen molar-refractivity contribution in [1.82, 2.24) is 9.97 Å². The largest absolute Gasteiger partial charge is 0.320 e. The van der Waals surface area contributed by atoms with E-state index in [1.54, 1.807) is 5.40 Å². The van der Waals surface area contributed by atoms with Gasteiger partial charge in [0.2, 0.25) is 5.95 Å². The predicted molar refractivity (Wildman–Crippen MR) is 73.8 cm³/mol. The predicted octanol–water partition coefficient (Wildman–Crippen LogP) is 2.40. The van der Waals surface area contributed by atoms with Gasteiger partial charge in [-0.2, -0.15) is 10.2 Å². The second kappa shape index (κ2) is 6.35. The maximum absolute atomic E-state index is 10.8. The van der Waals surface area contributed by atoms with E-state index in [0.717, 1.165) is 11.9 Å². The summed E-state index contributed by atoms with van der Waals surface area (Å²) in [7, 11) is 0. The molecule has 0 saturated carbocycles. The number of nitrogens with one attached hydrogen (secondary N) is 2. The number of anilines is 2. The fraction of sp³-hybridized carbons (Fsp3) is 0. The zero-order valence-electron chi connectivity index (χ0n) is 9.98. The number of hydrogen-bond donors (Lipinski definition) is 2. The number of hydrogen-bond acceptors (Lipinski definition) is 8. The lowest BCUT2D eigenvalue weighted by atomic mass is 10.3. The van der Waals surface area contributed by atoms with Crippen LogP contribution in [0.15, 0.2) is 41.6 Å². The average Bonchev–Trinajstić information content (AvgIpc) is 2.46. The highest BCUT2D eigenvalue weighted by atomic mass is 32.2. The smallest absolute Gasteiger partial charge is 0.298 e. The molecule has 2 N–H and O–H groups in total. The number of para-hydroxylation sites is 1. The van der Waals surface area contributed by atoms with Gasteiger partial charge in [0.25, 0.3) is 0 Å². The lowest BCUT2D eigenvalue weighted by Crippen LogP contribution is -2.12. The molecule has 0 spiro atoms. The number of rotatable bonds is 5. The molecule has 9 heteroatoms. The molecule has 100 valence electrons. The third kappa shape index (κ3) is 3.33. The molecule has 0 fully saturated rings. The van der Waals surface area contributed by atoms with Gasteiger partial charge >= 0.3 is 5.69 Å². The van der Waals surface area contributed by atoms with Crippen molar-refractivity contribution in [1.29, 1.82) is 5.26 Å². The molecule has 1 aromatic carbocycles. The summed E-state index contributed by atoms with van der Waals surface area (Å²) < 4.78 is 0. The van der Waals surface area contributed by atoms with Crippen LogP contribution in [0.4, 0.5) is 17.3 Å². The third-order valence-electron chi connectivity index (χ3n) is 2.17. The molecular weight excluding hydrogens is 280 g/mol. The molecule has 0 saturated heterocycles. The topological polar surface area (TPSA) is 117 Å². The standard InChI is InChI=1S/C11H8N6O2S/c12-7-20-10-9(17(18)19)6-13-11(14-10)16-15-8-4-2-1-3-5-8/h1-6,15H,(H,13,14,16). The first-order valence-corrected chi connectivity index (χ1v) is 6.17. The first-order valence-electron chi connectivity index (χ1n) is 5.35. The van der Waals surface area contributed by atoms with E-state index >= 15 is 0 Å². The van der Waals surface area contributed by atoms with Gasteiger partial charge in [-0.3, -0.25) is 21.0 Å². The maximum atomic E-state index is 10.8. The van der Waals surface area contributed by atoms with Crippen molar-refractivity contribution in [3.63, 3.8) is 0 Å². The van der Waals surface area contributed by atoms with Gasteiger partial charge in [0.15, 0.2) is 5.03 Å². The molecule has 0 atom stereocenters. The fourth-order valence-corrected chi connectivity index (χ4v) is 1.76. The second-order valence-corrected chi connectivity index (χ2v) is 4.22. The van der Waals surface area contributed by atoms with Crippen LogP contribution < -0.4 is 10.9 Å². The number of thiocyanates is 1. The van der Waals surface area contributed by atoms with E-state index in [4.69, 9.17) is 5.26 Å². The summed E-state index contributed by atoms with van der Waals surface area (Å²) in [6, 6.07) is 9.21. The molecule has 0 radical (unpaired) electrons. The summed E-state index contributed by atoms with van der Waals surface area (Å²) in [5, 5.41) is 21.1. The number of nitro groups is 1. The minimum absolute atomic E-state index is 0.00939. The Kier molecular flexibility index (Phi) is 4.31. The Morgan fingerprint density at radius 1 is 1.30 bits per heavy atom. The summed E-state index contributed by atoms with van der Waals surface area (Å²) in [5.74, 6) is 0.136. The molecule has 0 aliphatic carbocycles. The van der Waals surface area contributed by atoms with Gasteiger partial charge in [-0.15, -0.1) is 0 Å². The van der Waals surface area contributed by atoms with Crippen molar-refractivity contribution < 1.29 is 4.92 Å². The molecule has 8 nitrogen and oxygen atoms in total. The van der Waals surface area contributed by atoms with Crippen molar-refractivity contribution in [3.8, 4) is 5.40 Å². The summed E-state index contributed by atoms with van der Waals surface area (Å²) >= 11 is 0.611. The SMILES string of the molecule is N#CSc1nc(NNc2ccccc2)ncc1[N+](=O)[O-]. The van der Waals surface area contributed by atoms with Crippen molar-refractivity contribution in [2.24, 2.45) is 0 Å². The summed E-state index contributed by atoms with van der Waals surface area (Å²) in [4.78, 5) is 17.8. The highest BCUT2D eigenvalue weighted by Gasteiger charge is 2.17. The summed E-state index contributed by atoms with van der Waals surface area (Å²) in [5.41, 5.74) is 6.03. The molecule has 2 aromatic rings. The minimum Gasteiger partial charge on any atom is -0.298 e. The lowest BCUT2D eigenvalue weighted by Gasteiger charge is -2.08. The summed E-state index contributed by atoms with van der Waals surface area (Å²) in [6.45, 7) is 0. The van der Waals surface area contributed by atoms with E-state index in [-0.39, 0.29) is 16.7 Å². The van der Waals surface area contributed by atoms with Gasteiger partial charge < -0.3 is 0 Å². The monoisotopic (exact) mass is 288 g/mol. The van der Waals surface area contributed by atoms with Crippen molar-refractivity contribution in [2.75, 3.05) is 10.9 Å². The van der Waals surface area contributed by atoms with E-state index in [9.17, 15) is 10.1 Å². The Balaban J connectivity index is 2.15. The molecule has 0 bridgehead atoms. The third-order valence-corrected chi connectivity index (χ3v) is 2.75. The second-order valence-electron chi connectivity index (χ2n) is 3.45. The molecule has 20 heavy (non-hydrogen) atoms.